The first kappa shape index (κ1) is 18.9. The Hall–Kier alpha value is -1.10. The lowest BCUT2D eigenvalue weighted by Crippen LogP contribution is -2.43. The van der Waals surface area contributed by atoms with Crippen LogP contribution in [0.5, 0.6) is 0 Å². The zero-order valence-corrected chi connectivity index (χ0v) is 13.4. The monoisotopic (exact) mass is 286 g/mol. The molecule has 0 radical (unpaired) electrons. The average molecular weight is 286 g/mol. The van der Waals surface area contributed by atoms with Crippen molar-refractivity contribution in [1.82, 2.24) is 10.6 Å². The maximum absolute atomic E-state index is 11.7. The molecule has 0 aromatic carbocycles. The van der Waals surface area contributed by atoms with Crippen molar-refractivity contribution in [3.63, 3.8) is 0 Å². The average Bonchev–Trinajstić information content (AvgIpc) is 2.35. The number of hydrogen-bond donors (Lipinski definition) is 3. The summed E-state index contributed by atoms with van der Waals surface area (Å²) >= 11 is 0. The summed E-state index contributed by atoms with van der Waals surface area (Å²) in [5, 5.41) is 14.9. The largest absolute Gasteiger partial charge is 0.481 e. The van der Waals surface area contributed by atoms with Gasteiger partial charge in [0.25, 0.3) is 0 Å². The molecule has 0 saturated heterocycles. The van der Waals surface area contributed by atoms with E-state index in [4.69, 9.17) is 5.11 Å². The maximum Gasteiger partial charge on any atom is 0.306 e. The van der Waals surface area contributed by atoms with Crippen LogP contribution in [0.2, 0.25) is 0 Å². The minimum atomic E-state index is -0.743. The first-order valence-electron chi connectivity index (χ1n) is 7.49. The molecule has 0 aliphatic heterocycles. The highest BCUT2D eigenvalue weighted by Crippen LogP contribution is 2.09. The lowest BCUT2D eigenvalue weighted by atomic mass is 10.0. The Balaban J connectivity index is 3.74. The number of hydrogen-bond acceptors (Lipinski definition) is 3. The van der Waals surface area contributed by atoms with Crippen molar-refractivity contribution >= 4 is 11.9 Å². The fourth-order valence-electron chi connectivity index (χ4n) is 1.69. The summed E-state index contributed by atoms with van der Waals surface area (Å²) < 4.78 is 0. The van der Waals surface area contributed by atoms with Gasteiger partial charge in [-0.1, -0.05) is 27.2 Å². The zero-order chi connectivity index (χ0) is 15.7. The molecule has 0 heterocycles. The molecule has 0 aliphatic rings. The molecular weight excluding hydrogens is 256 g/mol. The van der Waals surface area contributed by atoms with E-state index in [2.05, 4.69) is 24.5 Å². The second-order valence-corrected chi connectivity index (χ2v) is 6.05. The highest BCUT2D eigenvalue weighted by Gasteiger charge is 2.13. The molecule has 20 heavy (non-hydrogen) atoms. The Morgan fingerprint density at radius 2 is 1.65 bits per heavy atom. The number of carboxylic acid groups (broad SMARTS) is 1. The first-order chi connectivity index (χ1) is 9.23. The number of carboxylic acids is 1. The summed E-state index contributed by atoms with van der Waals surface area (Å²) in [6, 6.07) is 0.395. The van der Waals surface area contributed by atoms with Crippen LogP contribution in [0.15, 0.2) is 0 Å². The van der Waals surface area contributed by atoms with E-state index < -0.39 is 5.97 Å². The standard InChI is InChI=1S/C15H30N2O3/c1-10(2)13(5)17-14(18)9-16-12(4)8-6-7-11(3)15(19)20/h10-13,16H,6-9H2,1-5H3,(H,17,18)(H,19,20). The predicted octanol–water partition coefficient (Wildman–Crippen LogP) is 2.02. The third-order valence-electron chi connectivity index (χ3n) is 3.70. The summed E-state index contributed by atoms with van der Waals surface area (Å²) in [4.78, 5) is 22.4. The van der Waals surface area contributed by atoms with E-state index in [0.29, 0.717) is 18.9 Å². The van der Waals surface area contributed by atoms with Crippen LogP contribution in [-0.4, -0.2) is 35.6 Å². The Morgan fingerprint density at radius 1 is 1.05 bits per heavy atom. The highest BCUT2D eigenvalue weighted by molar-refractivity contribution is 5.78. The highest BCUT2D eigenvalue weighted by atomic mass is 16.4. The van der Waals surface area contributed by atoms with E-state index in [1.54, 1.807) is 6.92 Å². The molecule has 1 amide bonds. The number of amides is 1. The van der Waals surface area contributed by atoms with Crippen molar-refractivity contribution < 1.29 is 14.7 Å². The molecule has 0 fully saturated rings. The second-order valence-electron chi connectivity index (χ2n) is 6.05. The van der Waals surface area contributed by atoms with E-state index in [0.717, 1.165) is 12.8 Å². The van der Waals surface area contributed by atoms with Crippen LogP contribution in [0.1, 0.15) is 53.9 Å². The van der Waals surface area contributed by atoms with Gasteiger partial charge in [0.15, 0.2) is 0 Å². The second kappa shape index (κ2) is 9.75. The van der Waals surface area contributed by atoms with Crippen LogP contribution >= 0.6 is 0 Å². The lowest BCUT2D eigenvalue weighted by molar-refractivity contribution is -0.141. The molecule has 0 rings (SSSR count). The van der Waals surface area contributed by atoms with Crippen LogP contribution in [0.4, 0.5) is 0 Å². The predicted molar refractivity (Wildman–Crippen MR) is 80.6 cm³/mol. The van der Waals surface area contributed by atoms with Crippen LogP contribution < -0.4 is 10.6 Å². The molecule has 0 aliphatic carbocycles. The molecule has 3 N–H and O–H groups in total. The minimum Gasteiger partial charge on any atom is -0.481 e. The van der Waals surface area contributed by atoms with Gasteiger partial charge < -0.3 is 15.7 Å². The molecule has 5 nitrogen and oxygen atoms in total. The normalized spacial score (nSPS) is 15.7. The van der Waals surface area contributed by atoms with Crippen LogP contribution in [0.25, 0.3) is 0 Å². The summed E-state index contributed by atoms with van der Waals surface area (Å²) in [5.74, 6) is -0.601. The van der Waals surface area contributed by atoms with E-state index in [9.17, 15) is 9.59 Å². The van der Waals surface area contributed by atoms with Crippen molar-refractivity contribution in [2.75, 3.05) is 6.54 Å². The van der Waals surface area contributed by atoms with Crippen molar-refractivity contribution in [3.8, 4) is 0 Å². The van der Waals surface area contributed by atoms with Gasteiger partial charge in [0.2, 0.25) is 5.91 Å². The summed E-state index contributed by atoms with van der Waals surface area (Å²) in [7, 11) is 0. The van der Waals surface area contributed by atoms with Crippen molar-refractivity contribution in [2.45, 2.75) is 66.0 Å². The smallest absolute Gasteiger partial charge is 0.306 e. The quantitative estimate of drug-likeness (QED) is 0.574. The number of aliphatic carboxylic acids is 1. The summed E-state index contributed by atoms with van der Waals surface area (Å²) in [6.45, 7) is 10.2. The van der Waals surface area contributed by atoms with Crippen molar-refractivity contribution in [1.29, 1.82) is 0 Å². The molecule has 0 aromatic heterocycles. The van der Waals surface area contributed by atoms with Crippen molar-refractivity contribution in [3.05, 3.63) is 0 Å². The SMILES string of the molecule is CC(CCCC(C)C(=O)O)NCC(=O)NC(C)C(C)C. The Bertz CT molecular complexity index is 305. The Labute approximate surface area is 122 Å². The molecule has 0 bridgehead atoms. The van der Waals surface area contributed by atoms with E-state index in [-0.39, 0.29) is 23.9 Å². The molecule has 5 heteroatoms. The topological polar surface area (TPSA) is 78.4 Å². The Kier molecular flexibility index (Phi) is 9.21. The molecular formula is C15H30N2O3. The fraction of sp³-hybridized carbons (Fsp3) is 0.867. The van der Waals surface area contributed by atoms with Crippen LogP contribution in [0.3, 0.4) is 0 Å². The van der Waals surface area contributed by atoms with Gasteiger partial charge in [-0.3, -0.25) is 9.59 Å². The number of nitrogens with one attached hydrogen (secondary N) is 2. The van der Waals surface area contributed by atoms with E-state index in [1.165, 1.54) is 0 Å². The van der Waals surface area contributed by atoms with Gasteiger partial charge in [-0.15, -0.1) is 0 Å². The number of carbonyl (C=O) groups excluding carboxylic acids is 1. The van der Waals surface area contributed by atoms with Gasteiger partial charge in [0.05, 0.1) is 12.5 Å². The minimum absolute atomic E-state index is 0.0111. The number of rotatable bonds is 10. The first-order valence-corrected chi connectivity index (χ1v) is 7.49. The van der Waals surface area contributed by atoms with Crippen LogP contribution in [0, 0.1) is 11.8 Å². The third kappa shape index (κ3) is 8.91. The van der Waals surface area contributed by atoms with E-state index in [1.807, 2.05) is 13.8 Å². The molecule has 3 unspecified atom stereocenters. The Morgan fingerprint density at radius 3 is 2.15 bits per heavy atom. The van der Waals surface area contributed by atoms with Crippen LogP contribution in [-0.2, 0) is 9.59 Å². The fourth-order valence-corrected chi connectivity index (χ4v) is 1.69. The molecule has 0 aromatic rings. The van der Waals surface area contributed by atoms with Gasteiger partial charge in [-0.05, 0) is 32.6 Å². The summed E-state index contributed by atoms with van der Waals surface area (Å²) in [5.41, 5.74) is 0. The van der Waals surface area contributed by atoms with Gasteiger partial charge in [0.1, 0.15) is 0 Å². The number of carbonyl (C=O) groups is 2. The van der Waals surface area contributed by atoms with Gasteiger partial charge in [0, 0.05) is 12.1 Å². The molecule has 118 valence electrons. The van der Waals surface area contributed by atoms with Gasteiger partial charge >= 0.3 is 5.97 Å². The molecule has 0 spiro atoms. The summed E-state index contributed by atoms with van der Waals surface area (Å²) in [6.07, 6.45) is 2.41. The van der Waals surface area contributed by atoms with Gasteiger partial charge in [-0.25, -0.2) is 0 Å². The van der Waals surface area contributed by atoms with Crippen molar-refractivity contribution in [2.24, 2.45) is 11.8 Å². The molecule has 0 saturated carbocycles. The maximum atomic E-state index is 11.7. The van der Waals surface area contributed by atoms with E-state index >= 15 is 0 Å². The zero-order valence-electron chi connectivity index (χ0n) is 13.4. The van der Waals surface area contributed by atoms with Gasteiger partial charge in [-0.2, -0.15) is 0 Å². The molecule has 3 atom stereocenters. The lowest BCUT2D eigenvalue weighted by Gasteiger charge is -2.19. The third-order valence-corrected chi connectivity index (χ3v) is 3.70.